The molecule has 1 aromatic carbocycles. The van der Waals surface area contributed by atoms with Crippen LogP contribution < -0.4 is 4.18 Å². The molecule has 0 amide bonds. The highest BCUT2D eigenvalue weighted by Crippen LogP contribution is 2.18. The Balaban J connectivity index is 2.82. The monoisotopic (exact) mass is 240 g/mol. The van der Waals surface area contributed by atoms with Gasteiger partial charge in [-0.3, -0.25) is 0 Å². The van der Waals surface area contributed by atoms with Gasteiger partial charge in [0, 0.05) is 0 Å². The van der Waals surface area contributed by atoms with Gasteiger partial charge in [-0.1, -0.05) is 41.4 Å². The minimum absolute atomic E-state index is 0.189. The lowest BCUT2D eigenvalue weighted by molar-refractivity contribution is 0.489. The zero-order valence-corrected chi connectivity index (χ0v) is 8.68. The molecule has 0 fully saturated rings. The van der Waals surface area contributed by atoms with Gasteiger partial charge in [0.2, 0.25) is 4.17 Å². The highest BCUT2D eigenvalue weighted by atomic mass is 35.5. The molecular formula is C7H6Cl2O3S. The normalized spacial score (nSPS) is 11.6. The molecule has 0 radical (unpaired) electrons. The summed E-state index contributed by atoms with van der Waals surface area (Å²) in [6, 6.07) is 8.00. The zero-order valence-electron chi connectivity index (χ0n) is 6.35. The molecule has 0 heterocycles. The fourth-order valence-corrected chi connectivity index (χ4v) is 1.32. The minimum atomic E-state index is -3.92. The van der Waals surface area contributed by atoms with Gasteiger partial charge in [0.15, 0.2) is 0 Å². The van der Waals surface area contributed by atoms with Crippen molar-refractivity contribution in [2.45, 2.75) is 4.17 Å². The number of alkyl halides is 2. The molecule has 0 unspecified atom stereocenters. The summed E-state index contributed by atoms with van der Waals surface area (Å²) in [4.78, 5) is 0. The van der Waals surface area contributed by atoms with Gasteiger partial charge >= 0.3 is 10.1 Å². The van der Waals surface area contributed by atoms with Gasteiger partial charge in [-0.15, -0.1) is 0 Å². The van der Waals surface area contributed by atoms with Crippen molar-refractivity contribution in [3.63, 3.8) is 0 Å². The second-order valence-electron chi connectivity index (χ2n) is 2.15. The molecule has 3 nitrogen and oxygen atoms in total. The van der Waals surface area contributed by atoms with E-state index in [1.54, 1.807) is 18.2 Å². The predicted molar refractivity (Wildman–Crippen MR) is 51.5 cm³/mol. The van der Waals surface area contributed by atoms with Crippen LogP contribution in [0.1, 0.15) is 0 Å². The molecule has 0 aromatic heterocycles. The van der Waals surface area contributed by atoms with Crippen LogP contribution in [-0.4, -0.2) is 12.6 Å². The van der Waals surface area contributed by atoms with Crippen molar-refractivity contribution in [1.82, 2.24) is 0 Å². The molecule has 1 rings (SSSR count). The van der Waals surface area contributed by atoms with Gasteiger partial charge < -0.3 is 4.18 Å². The average molecular weight is 241 g/mol. The Morgan fingerprint density at radius 2 is 1.69 bits per heavy atom. The molecule has 0 bridgehead atoms. The fraction of sp³-hybridized carbons (Fsp3) is 0.143. The first-order chi connectivity index (χ1) is 6.02. The molecule has 0 spiro atoms. The van der Waals surface area contributed by atoms with Gasteiger partial charge in [-0.25, -0.2) is 0 Å². The third-order valence-electron chi connectivity index (χ3n) is 1.17. The van der Waals surface area contributed by atoms with Crippen LogP contribution in [0, 0.1) is 0 Å². The van der Waals surface area contributed by atoms with E-state index in [0.29, 0.717) is 0 Å². The van der Waals surface area contributed by atoms with Crippen LogP contribution in [0.3, 0.4) is 0 Å². The van der Waals surface area contributed by atoms with Crippen LogP contribution in [0.15, 0.2) is 30.3 Å². The molecule has 1 aromatic rings. The van der Waals surface area contributed by atoms with E-state index in [9.17, 15) is 8.42 Å². The van der Waals surface area contributed by atoms with Gasteiger partial charge in [-0.05, 0) is 12.1 Å². The maximum absolute atomic E-state index is 11.0. The first-order valence-electron chi connectivity index (χ1n) is 3.29. The number of para-hydroxylation sites is 1. The van der Waals surface area contributed by atoms with Crippen LogP contribution in [0.5, 0.6) is 5.75 Å². The second-order valence-corrected chi connectivity index (χ2v) is 5.39. The van der Waals surface area contributed by atoms with E-state index in [4.69, 9.17) is 23.2 Å². The van der Waals surface area contributed by atoms with Crippen LogP contribution >= 0.6 is 23.2 Å². The lowest BCUT2D eigenvalue weighted by Gasteiger charge is -2.05. The maximum Gasteiger partial charge on any atom is 0.340 e. The highest BCUT2D eigenvalue weighted by molar-refractivity contribution is 7.90. The molecule has 0 atom stereocenters. The molecule has 0 N–H and O–H groups in total. The summed E-state index contributed by atoms with van der Waals surface area (Å²) in [6.07, 6.45) is 0. The highest BCUT2D eigenvalue weighted by Gasteiger charge is 2.22. The summed E-state index contributed by atoms with van der Waals surface area (Å²) in [6.45, 7) is 0. The molecule has 72 valence electrons. The average Bonchev–Trinajstić information content (AvgIpc) is 2.05. The van der Waals surface area contributed by atoms with Crippen molar-refractivity contribution in [3.8, 4) is 5.75 Å². The summed E-state index contributed by atoms with van der Waals surface area (Å²) in [7, 11) is -3.92. The molecule has 0 saturated carbocycles. The number of rotatable bonds is 3. The summed E-state index contributed by atoms with van der Waals surface area (Å²) in [5.74, 6) is 0.189. The van der Waals surface area contributed by atoms with E-state index in [2.05, 4.69) is 4.18 Å². The summed E-state index contributed by atoms with van der Waals surface area (Å²) in [5, 5.41) is 0. The predicted octanol–water partition coefficient (Wildman–Crippen LogP) is 2.16. The topological polar surface area (TPSA) is 43.4 Å². The first-order valence-corrected chi connectivity index (χ1v) is 5.63. The largest absolute Gasteiger partial charge is 0.381 e. The van der Waals surface area contributed by atoms with Gasteiger partial charge in [0.1, 0.15) is 5.75 Å². The molecule has 0 aliphatic rings. The van der Waals surface area contributed by atoms with Crippen LogP contribution in [0.2, 0.25) is 0 Å². The minimum Gasteiger partial charge on any atom is -0.381 e. The number of halogens is 2. The Bertz CT molecular complexity index is 361. The van der Waals surface area contributed by atoms with Crippen molar-refractivity contribution in [2.75, 3.05) is 0 Å². The van der Waals surface area contributed by atoms with E-state index in [0.717, 1.165) is 0 Å². The summed E-state index contributed by atoms with van der Waals surface area (Å²) >= 11 is 10.3. The number of hydrogen-bond donors (Lipinski definition) is 0. The van der Waals surface area contributed by atoms with Crippen molar-refractivity contribution < 1.29 is 12.6 Å². The van der Waals surface area contributed by atoms with Crippen molar-refractivity contribution in [1.29, 1.82) is 0 Å². The Kier molecular flexibility index (Phi) is 3.41. The van der Waals surface area contributed by atoms with Gasteiger partial charge in [0.25, 0.3) is 0 Å². The standard InChI is InChI=1S/C7H6Cl2O3S/c8-7(9)13(10,11)12-6-4-2-1-3-5-6/h1-5,7H. The van der Waals surface area contributed by atoms with Gasteiger partial charge in [0.05, 0.1) is 0 Å². The molecule has 13 heavy (non-hydrogen) atoms. The Morgan fingerprint density at radius 1 is 1.15 bits per heavy atom. The maximum atomic E-state index is 11.0. The molecule has 6 heteroatoms. The van der Waals surface area contributed by atoms with Crippen molar-refractivity contribution in [3.05, 3.63) is 30.3 Å². The summed E-state index contributed by atoms with van der Waals surface area (Å²) < 4.78 is 25.0. The van der Waals surface area contributed by atoms with E-state index in [1.807, 2.05) is 0 Å². The Morgan fingerprint density at radius 3 is 2.15 bits per heavy atom. The van der Waals surface area contributed by atoms with Crippen LogP contribution in [-0.2, 0) is 10.1 Å². The van der Waals surface area contributed by atoms with Crippen LogP contribution in [0.4, 0.5) is 0 Å². The molecule has 0 saturated heterocycles. The third-order valence-corrected chi connectivity index (χ3v) is 3.34. The SMILES string of the molecule is O=S(=O)(Oc1ccccc1)C(Cl)Cl. The van der Waals surface area contributed by atoms with Crippen LogP contribution in [0.25, 0.3) is 0 Å². The van der Waals surface area contributed by atoms with E-state index < -0.39 is 14.3 Å². The fourth-order valence-electron chi connectivity index (χ4n) is 0.647. The van der Waals surface area contributed by atoms with Crippen molar-refractivity contribution in [2.24, 2.45) is 0 Å². The molecule has 0 aliphatic carbocycles. The smallest absolute Gasteiger partial charge is 0.340 e. The number of benzene rings is 1. The van der Waals surface area contributed by atoms with E-state index in [1.165, 1.54) is 12.1 Å². The van der Waals surface area contributed by atoms with Crippen molar-refractivity contribution >= 4 is 33.3 Å². The quantitative estimate of drug-likeness (QED) is 0.601. The molecular weight excluding hydrogens is 235 g/mol. The lowest BCUT2D eigenvalue weighted by atomic mass is 10.3. The van der Waals surface area contributed by atoms with E-state index in [-0.39, 0.29) is 5.75 Å². The Hall–Kier alpha value is -0.450. The second kappa shape index (κ2) is 4.17. The number of hydrogen-bond acceptors (Lipinski definition) is 3. The lowest BCUT2D eigenvalue weighted by Crippen LogP contribution is -2.16. The van der Waals surface area contributed by atoms with E-state index >= 15 is 0 Å². The zero-order chi connectivity index (χ0) is 9.90. The molecule has 0 aliphatic heterocycles. The Labute approximate surface area is 86.4 Å². The van der Waals surface area contributed by atoms with Gasteiger partial charge in [-0.2, -0.15) is 8.42 Å². The first kappa shape index (κ1) is 10.6. The third kappa shape index (κ3) is 3.06. The summed E-state index contributed by atoms with van der Waals surface area (Å²) in [5.41, 5.74) is 0.